The highest BCUT2D eigenvalue weighted by molar-refractivity contribution is 6.34. The van der Waals surface area contributed by atoms with Crippen LogP contribution < -0.4 is 19.5 Å². The zero-order valence-electron chi connectivity index (χ0n) is 14.3. The van der Waals surface area contributed by atoms with Gasteiger partial charge in [-0.2, -0.15) is 0 Å². The standard InChI is InChI=1S/C19H19Cl2NO4/c1-12-9-13(20)4-5-16(12)24-6-2-3-19(23)22-15-11-18-17(10-14(15)21)25-7-8-26-18/h4-5,9-11H,2-3,6-8H2,1H3,(H,22,23). The SMILES string of the molecule is Cc1cc(Cl)ccc1OCCCC(=O)Nc1cc2c(cc1Cl)OCCO2. The maximum Gasteiger partial charge on any atom is 0.224 e. The topological polar surface area (TPSA) is 56.8 Å². The van der Waals surface area contributed by atoms with Crippen molar-refractivity contribution in [3.8, 4) is 17.2 Å². The summed E-state index contributed by atoms with van der Waals surface area (Å²) in [6, 6.07) is 8.78. The van der Waals surface area contributed by atoms with Crippen LogP contribution in [0.4, 0.5) is 5.69 Å². The number of anilines is 1. The third-order valence-electron chi connectivity index (χ3n) is 3.85. The van der Waals surface area contributed by atoms with Crippen molar-refractivity contribution in [2.45, 2.75) is 19.8 Å². The Bertz CT molecular complexity index is 810. The van der Waals surface area contributed by atoms with Crippen LogP contribution in [0.1, 0.15) is 18.4 Å². The number of carbonyl (C=O) groups is 1. The lowest BCUT2D eigenvalue weighted by atomic mass is 10.2. The fourth-order valence-electron chi connectivity index (χ4n) is 2.56. The first-order valence-electron chi connectivity index (χ1n) is 8.31. The van der Waals surface area contributed by atoms with Crippen molar-refractivity contribution >= 4 is 34.8 Å². The van der Waals surface area contributed by atoms with Gasteiger partial charge in [0.25, 0.3) is 0 Å². The number of ether oxygens (including phenoxy) is 3. The van der Waals surface area contributed by atoms with Gasteiger partial charge < -0.3 is 19.5 Å². The predicted molar refractivity (Wildman–Crippen MR) is 102 cm³/mol. The molecule has 1 aliphatic rings. The lowest BCUT2D eigenvalue weighted by Gasteiger charge is -2.20. The summed E-state index contributed by atoms with van der Waals surface area (Å²) in [5.41, 5.74) is 1.47. The molecule has 0 saturated carbocycles. The largest absolute Gasteiger partial charge is 0.493 e. The summed E-state index contributed by atoms with van der Waals surface area (Å²) in [4.78, 5) is 12.1. The highest BCUT2D eigenvalue weighted by atomic mass is 35.5. The number of carbonyl (C=O) groups excluding carboxylic acids is 1. The van der Waals surface area contributed by atoms with E-state index in [1.165, 1.54) is 0 Å². The van der Waals surface area contributed by atoms with Crippen LogP contribution in [0.15, 0.2) is 30.3 Å². The molecule has 0 bridgehead atoms. The Morgan fingerprint density at radius 3 is 2.62 bits per heavy atom. The number of hydrogen-bond donors (Lipinski definition) is 1. The van der Waals surface area contributed by atoms with E-state index in [4.69, 9.17) is 37.4 Å². The van der Waals surface area contributed by atoms with Crippen LogP contribution in [-0.4, -0.2) is 25.7 Å². The first-order chi connectivity index (χ1) is 12.5. The van der Waals surface area contributed by atoms with E-state index in [0.717, 1.165) is 11.3 Å². The summed E-state index contributed by atoms with van der Waals surface area (Å²) in [6.45, 7) is 3.33. The summed E-state index contributed by atoms with van der Waals surface area (Å²) in [6.07, 6.45) is 0.896. The highest BCUT2D eigenvalue weighted by Crippen LogP contribution is 2.38. The normalized spacial score (nSPS) is 12.6. The molecule has 2 aromatic carbocycles. The Morgan fingerprint density at radius 2 is 1.88 bits per heavy atom. The number of benzene rings is 2. The molecule has 138 valence electrons. The molecule has 1 heterocycles. The summed E-state index contributed by atoms with van der Waals surface area (Å²) >= 11 is 12.1. The quantitative estimate of drug-likeness (QED) is 0.708. The molecule has 0 radical (unpaired) electrons. The lowest BCUT2D eigenvalue weighted by Crippen LogP contribution is -2.17. The van der Waals surface area contributed by atoms with Crippen molar-refractivity contribution in [3.05, 3.63) is 45.9 Å². The van der Waals surface area contributed by atoms with Crippen molar-refractivity contribution in [1.29, 1.82) is 0 Å². The Hall–Kier alpha value is -2.11. The van der Waals surface area contributed by atoms with E-state index in [9.17, 15) is 4.79 Å². The summed E-state index contributed by atoms with van der Waals surface area (Å²) in [5, 5.41) is 3.88. The number of fused-ring (bicyclic) bond motifs is 1. The van der Waals surface area contributed by atoms with Crippen LogP contribution in [0.2, 0.25) is 10.0 Å². The molecular weight excluding hydrogens is 377 g/mol. The number of halogens is 2. The van der Waals surface area contributed by atoms with Gasteiger partial charge in [-0.1, -0.05) is 23.2 Å². The minimum Gasteiger partial charge on any atom is -0.493 e. The second-order valence-corrected chi connectivity index (χ2v) is 6.73. The average Bonchev–Trinajstić information content (AvgIpc) is 2.61. The minimum absolute atomic E-state index is 0.139. The molecule has 1 amide bonds. The maximum absolute atomic E-state index is 12.1. The van der Waals surface area contributed by atoms with Crippen molar-refractivity contribution in [2.24, 2.45) is 0 Å². The first kappa shape index (κ1) is 18.7. The van der Waals surface area contributed by atoms with Gasteiger partial charge in [-0.05, 0) is 37.1 Å². The smallest absolute Gasteiger partial charge is 0.224 e. The fourth-order valence-corrected chi connectivity index (χ4v) is 2.99. The van der Waals surface area contributed by atoms with Crippen LogP contribution in [0.3, 0.4) is 0 Å². The average molecular weight is 396 g/mol. The number of nitrogens with one attached hydrogen (secondary N) is 1. The Balaban J connectivity index is 1.48. The van der Waals surface area contributed by atoms with E-state index in [2.05, 4.69) is 5.32 Å². The van der Waals surface area contributed by atoms with E-state index >= 15 is 0 Å². The number of amides is 1. The van der Waals surface area contributed by atoms with E-state index < -0.39 is 0 Å². The number of hydrogen-bond acceptors (Lipinski definition) is 4. The lowest BCUT2D eigenvalue weighted by molar-refractivity contribution is -0.116. The zero-order valence-corrected chi connectivity index (χ0v) is 15.8. The van der Waals surface area contributed by atoms with Crippen molar-refractivity contribution < 1.29 is 19.0 Å². The molecule has 3 rings (SSSR count). The molecule has 0 atom stereocenters. The molecule has 0 aromatic heterocycles. The summed E-state index contributed by atoms with van der Waals surface area (Å²) in [5.74, 6) is 1.80. The van der Waals surface area contributed by atoms with Gasteiger partial charge in [-0.15, -0.1) is 0 Å². The molecule has 2 aromatic rings. The zero-order chi connectivity index (χ0) is 18.5. The van der Waals surface area contributed by atoms with E-state index in [1.54, 1.807) is 18.2 Å². The second-order valence-electron chi connectivity index (χ2n) is 5.89. The van der Waals surface area contributed by atoms with Crippen LogP contribution in [0.5, 0.6) is 17.2 Å². The molecule has 0 fully saturated rings. The maximum atomic E-state index is 12.1. The molecule has 7 heteroatoms. The third kappa shape index (κ3) is 4.74. The molecule has 5 nitrogen and oxygen atoms in total. The van der Waals surface area contributed by atoms with E-state index in [1.807, 2.05) is 19.1 Å². The van der Waals surface area contributed by atoms with Crippen LogP contribution >= 0.6 is 23.2 Å². The van der Waals surface area contributed by atoms with Gasteiger partial charge in [-0.25, -0.2) is 0 Å². The summed E-state index contributed by atoms with van der Waals surface area (Å²) < 4.78 is 16.6. The molecule has 0 unspecified atom stereocenters. The molecule has 26 heavy (non-hydrogen) atoms. The molecule has 1 N–H and O–H groups in total. The summed E-state index contributed by atoms with van der Waals surface area (Å²) in [7, 11) is 0. The van der Waals surface area contributed by atoms with Crippen molar-refractivity contribution in [2.75, 3.05) is 25.1 Å². The van der Waals surface area contributed by atoms with Gasteiger partial charge in [-0.3, -0.25) is 4.79 Å². The number of rotatable bonds is 6. The van der Waals surface area contributed by atoms with Crippen molar-refractivity contribution in [3.63, 3.8) is 0 Å². The number of aryl methyl sites for hydroxylation is 1. The molecule has 0 saturated heterocycles. The van der Waals surface area contributed by atoms with Gasteiger partial charge in [0, 0.05) is 23.6 Å². The van der Waals surface area contributed by atoms with Gasteiger partial charge in [0.2, 0.25) is 5.91 Å². The minimum atomic E-state index is -0.139. The van der Waals surface area contributed by atoms with Gasteiger partial charge >= 0.3 is 0 Å². The predicted octanol–water partition coefficient (Wildman–Crippen LogP) is 4.87. The molecular formula is C19H19Cl2NO4. The van der Waals surface area contributed by atoms with E-state index in [-0.39, 0.29) is 5.91 Å². The Kier molecular flexibility index (Phi) is 6.12. The van der Waals surface area contributed by atoms with Crippen LogP contribution in [0.25, 0.3) is 0 Å². The third-order valence-corrected chi connectivity index (χ3v) is 4.40. The Morgan fingerprint density at radius 1 is 1.15 bits per heavy atom. The van der Waals surface area contributed by atoms with Gasteiger partial charge in [0.1, 0.15) is 19.0 Å². The Labute approximate surface area is 162 Å². The molecule has 0 spiro atoms. The van der Waals surface area contributed by atoms with Gasteiger partial charge in [0.05, 0.1) is 17.3 Å². The monoisotopic (exact) mass is 395 g/mol. The van der Waals surface area contributed by atoms with Crippen LogP contribution in [0, 0.1) is 6.92 Å². The van der Waals surface area contributed by atoms with E-state index in [0.29, 0.717) is 59.9 Å². The first-order valence-corrected chi connectivity index (χ1v) is 9.06. The van der Waals surface area contributed by atoms with Gasteiger partial charge in [0.15, 0.2) is 11.5 Å². The molecule has 1 aliphatic heterocycles. The highest BCUT2D eigenvalue weighted by Gasteiger charge is 2.16. The van der Waals surface area contributed by atoms with Crippen molar-refractivity contribution in [1.82, 2.24) is 0 Å². The fraction of sp³-hybridized carbons (Fsp3) is 0.316. The van der Waals surface area contributed by atoms with Crippen LogP contribution in [-0.2, 0) is 4.79 Å². The molecule has 0 aliphatic carbocycles. The second kappa shape index (κ2) is 8.52.